The molecule has 0 saturated carbocycles. The van der Waals surface area contributed by atoms with Crippen molar-refractivity contribution in [2.45, 2.75) is 111 Å². The van der Waals surface area contributed by atoms with Crippen molar-refractivity contribution < 1.29 is 9.53 Å². The molecule has 0 N–H and O–H groups in total. The smallest absolute Gasteiger partial charge is 0.345 e. The molecular formula is C20H35Cl5O2. The number of hydrogen-bond acceptors (Lipinski definition) is 2. The number of unbranched alkanes of at least 4 members (excludes halogenated alkanes) is 11. The Morgan fingerprint density at radius 1 is 0.778 bits per heavy atom. The van der Waals surface area contributed by atoms with Crippen molar-refractivity contribution in [2.75, 3.05) is 6.61 Å². The van der Waals surface area contributed by atoms with Gasteiger partial charge >= 0.3 is 5.97 Å². The van der Waals surface area contributed by atoms with Crippen molar-refractivity contribution >= 4 is 64.0 Å². The van der Waals surface area contributed by atoms with E-state index in [4.69, 9.17) is 62.7 Å². The van der Waals surface area contributed by atoms with Gasteiger partial charge in [-0.2, -0.15) is 0 Å². The molecule has 2 nitrogen and oxygen atoms in total. The maximum atomic E-state index is 11.9. The standard InChI is InChI=1S/C20H35Cl5O2/c1-3-5-6-7-8-9-10-11-12-13-14-15-16-17(21)19(22,23)20(24,25)18(26)27-4-2/h17H,3-16H2,1-2H3. The third-order valence-electron chi connectivity index (χ3n) is 4.65. The van der Waals surface area contributed by atoms with E-state index in [1.165, 1.54) is 57.8 Å². The summed E-state index contributed by atoms with van der Waals surface area (Å²) in [6, 6.07) is 0. The summed E-state index contributed by atoms with van der Waals surface area (Å²) in [5, 5.41) is -0.747. The van der Waals surface area contributed by atoms with Gasteiger partial charge in [0.05, 0.1) is 12.0 Å². The molecule has 0 rings (SSSR count). The van der Waals surface area contributed by atoms with Gasteiger partial charge in [-0.25, -0.2) is 4.79 Å². The van der Waals surface area contributed by atoms with Crippen molar-refractivity contribution in [3.63, 3.8) is 0 Å². The molecule has 0 spiro atoms. The Hall–Kier alpha value is 0.920. The molecule has 0 heterocycles. The van der Waals surface area contributed by atoms with Gasteiger partial charge < -0.3 is 4.74 Å². The topological polar surface area (TPSA) is 26.3 Å². The third-order valence-corrected chi connectivity index (χ3v) is 7.81. The van der Waals surface area contributed by atoms with Gasteiger partial charge in [-0.3, -0.25) is 0 Å². The predicted molar refractivity (Wildman–Crippen MR) is 121 cm³/mol. The second-order valence-electron chi connectivity index (χ2n) is 7.06. The lowest BCUT2D eigenvalue weighted by Crippen LogP contribution is -2.50. The Bertz CT molecular complexity index is 389. The van der Waals surface area contributed by atoms with Crippen LogP contribution < -0.4 is 0 Å². The molecule has 1 unspecified atom stereocenters. The van der Waals surface area contributed by atoms with E-state index < -0.39 is 20.0 Å². The summed E-state index contributed by atoms with van der Waals surface area (Å²) in [6.45, 7) is 4.03. The molecule has 7 heteroatoms. The first-order chi connectivity index (χ1) is 12.7. The fourth-order valence-corrected chi connectivity index (χ4v) is 4.08. The van der Waals surface area contributed by atoms with Crippen LogP contribution in [0.1, 0.15) is 97.3 Å². The summed E-state index contributed by atoms with van der Waals surface area (Å²) >= 11 is 30.8. The summed E-state index contributed by atoms with van der Waals surface area (Å²) in [5.41, 5.74) is 0. The van der Waals surface area contributed by atoms with Crippen LogP contribution in [0.4, 0.5) is 0 Å². The Kier molecular flexibility index (Phi) is 16.3. The van der Waals surface area contributed by atoms with E-state index in [0.717, 1.165) is 19.3 Å². The minimum Gasteiger partial charge on any atom is -0.464 e. The Morgan fingerprint density at radius 2 is 1.19 bits per heavy atom. The predicted octanol–water partition coefficient (Wildman–Crippen LogP) is 8.60. The molecular weight excluding hydrogens is 449 g/mol. The van der Waals surface area contributed by atoms with Crippen molar-refractivity contribution in [1.82, 2.24) is 0 Å². The molecule has 0 radical (unpaired) electrons. The van der Waals surface area contributed by atoms with E-state index >= 15 is 0 Å². The zero-order valence-electron chi connectivity index (χ0n) is 16.7. The van der Waals surface area contributed by atoms with Gasteiger partial charge in [0.15, 0.2) is 4.33 Å². The lowest BCUT2D eigenvalue weighted by Gasteiger charge is -2.34. The minimum absolute atomic E-state index is 0.134. The fourth-order valence-electron chi connectivity index (χ4n) is 2.90. The molecule has 0 bridgehead atoms. The summed E-state index contributed by atoms with van der Waals surface area (Å²) in [4.78, 5) is 11.9. The van der Waals surface area contributed by atoms with Crippen molar-refractivity contribution in [3.05, 3.63) is 0 Å². The highest BCUT2D eigenvalue weighted by Crippen LogP contribution is 2.49. The number of rotatable bonds is 17. The van der Waals surface area contributed by atoms with Crippen LogP contribution in [-0.4, -0.2) is 26.6 Å². The van der Waals surface area contributed by atoms with Gasteiger partial charge in [-0.15, -0.1) is 11.6 Å². The highest BCUT2D eigenvalue weighted by atomic mass is 35.5. The first-order valence-corrected chi connectivity index (χ1v) is 12.2. The molecule has 27 heavy (non-hydrogen) atoms. The molecule has 0 aliphatic heterocycles. The molecule has 162 valence electrons. The van der Waals surface area contributed by atoms with Gasteiger partial charge in [-0.05, 0) is 13.3 Å². The lowest BCUT2D eigenvalue weighted by molar-refractivity contribution is -0.144. The number of esters is 1. The van der Waals surface area contributed by atoms with Gasteiger partial charge in [0.25, 0.3) is 0 Å². The van der Waals surface area contributed by atoms with Crippen molar-refractivity contribution in [3.8, 4) is 0 Å². The normalized spacial score (nSPS) is 13.6. The SMILES string of the molecule is CCCCCCCCCCCCCCC(Cl)C(Cl)(Cl)C(Cl)(Cl)C(=O)OCC. The van der Waals surface area contributed by atoms with Crippen molar-refractivity contribution in [2.24, 2.45) is 0 Å². The van der Waals surface area contributed by atoms with Crippen LogP contribution in [0.25, 0.3) is 0 Å². The molecule has 0 saturated heterocycles. The molecule has 0 aliphatic rings. The highest BCUT2D eigenvalue weighted by Gasteiger charge is 2.58. The number of alkyl halides is 5. The highest BCUT2D eigenvalue weighted by molar-refractivity contribution is 6.69. The molecule has 0 fully saturated rings. The molecule has 0 aliphatic carbocycles. The maximum absolute atomic E-state index is 11.9. The van der Waals surface area contributed by atoms with E-state index in [1.807, 2.05) is 0 Å². The minimum atomic E-state index is -2.10. The molecule has 0 amide bonds. The zero-order chi connectivity index (χ0) is 20.8. The summed E-state index contributed by atoms with van der Waals surface area (Å²) in [6.07, 6.45) is 15.5. The summed E-state index contributed by atoms with van der Waals surface area (Å²) in [5.74, 6) is -0.876. The van der Waals surface area contributed by atoms with Crippen LogP contribution in [0.2, 0.25) is 0 Å². The van der Waals surface area contributed by atoms with Crippen molar-refractivity contribution in [1.29, 1.82) is 0 Å². The van der Waals surface area contributed by atoms with E-state index in [0.29, 0.717) is 6.42 Å². The fraction of sp³-hybridized carbons (Fsp3) is 0.950. The molecule has 0 aromatic carbocycles. The Labute approximate surface area is 190 Å². The zero-order valence-corrected chi connectivity index (χ0v) is 20.5. The van der Waals surface area contributed by atoms with Crippen LogP contribution in [0.15, 0.2) is 0 Å². The quantitative estimate of drug-likeness (QED) is 0.117. The number of carbonyl (C=O) groups excluding carboxylic acids is 1. The number of ether oxygens (including phenoxy) is 1. The molecule has 1 atom stereocenters. The monoisotopic (exact) mass is 482 g/mol. The van der Waals surface area contributed by atoms with E-state index in [9.17, 15) is 4.79 Å². The average Bonchev–Trinajstić information content (AvgIpc) is 2.62. The number of hydrogen-bond donors (Lipinski definition) is 0. The largest absolute Gasteiger partial charge is 0.464 e. The van der Waals surface area contributed by atoms with Crippen LogP contribution in [0.3, 0.4) is 0 Å². The Balaban J connectivity index is 3.87. The molecule has 0 aromatic rings. The lowest BCUT2D eigenvalue weighted by atomic mass is 10.0. The van der Waals surface area contributed by atoms with Gasteiger partial charge in [0.1, 0.15) is 0 Å². The van der Waals surface area contributed by atoms with Gasteiger partial charge in [0, 0.05) is 0 Å². The first kappa shape index (κ1) is 27.9. The summed E-state index contributed by atoms with van der Waals surface area (Å²) in [7, 11) is 0. The van der Waals surface area contributed by atoms with E-state index in [-0.39, 0.29) is 6.61 Å². The van der Waals surface area contributed by atoms with Gasteiger partial charge in [-0.1, -0.05) is 130 Å². The van der Waals surface area contributed by atoms with Crippen LogP contribution in [0, 0.1) is 0 Å². The molecule has 0 aromatic heterocycles. The third kappa shape index (κ3) is 11.0. The van der Waals surface area contributed by atoms with E-state index in [1.54, 1.807) is 6.92 Å². The van der Waals surface area contributed by atoms with Crippen LogP contribution in [-0.2, 0) is 9.53 Å². The van der Waals surface area contributed by atoms with Crippen LogP contribution >= 0.6 is 58.0 Å². The Morgan fingerprint density at radius 3 is 1.59 bits per heavy atom. The van der Waals surface area contributed by atoms with Gasteiger partial charge in [0.2, 0.25) is 4.33 Å². The second kappa shape index (κ2) is 15.7. The summed E-state index contributed by atoms with van der Waals surface area (Å²) < 4.78 is 0.911. The number of halogens is 5. The van der Waals surface area contributed by atoms with Crippen LogP contribution in [0.5, 0.6) is 0 Å². The second-order valence-corrected chi connectivity index (χ2v) is 10.3. The first-order valence-electron chi connectivity index (χ1n) is 10.3. The van der Waals surface area contributed by atoms with E-state index in [2.05, 4.69) is 6.92 Å². The average molecular weight is 485 g/mol. The number of carbonyl (C=O) groups is 1. The maximum Gasteiger partial charge on any atom is 0.345 e.